The summed E-state index contributed by atoms with van der Waals surface area (Å²) in [5.74, 6) is 0.970. The molecule has 4 rings (SSSR count). The molecule has 1 heterocycles. The first-order valence-electron chi connectivity index (χ1n) is 11.6. The second kappa shape index (κ2) is 10.8. The molecule has 0 fully saturated rings. The fourth-order valence-corrected chi connectivity index (χ4v) is 5.14. The van der Waals surface area contributed by atoms with E-state index in [4.69, 9.17) is 9.47 Å². The van der Waals surface area contributed by atoms with E-state index in [1.165, 1.54) is 4.31 Å². The van der Waals surface area contributed by atoms with Crippen molar-refractivity contribution in [3.63, 3.8) is 0 Å². The van der Waals surface area contributed by atoms with E-state index in [1.54, 1.807) is 18.2 Å². The van der Waals surface area contributed by atoms with Gasteiger partial charge in [-0.15, -0.1) is 0 Å². The number of amides is 1. The van der Waals surface area contributed by atoms with Crippen molar-refractivity contribution in [1.82, 2.24) is 5.32 Å². The second-order valence-corrected chi connectivity index (χ2v) is 10.4. The van der Waals surface area contributed by atoms with Crippen LogP contribution in [-0.2, 0) is 14.8 Å². The van der Waals surface area contributed by atoms with Gasteiger partial charge in [-0.05, 0) is 42.2 Å². The van der Waals surface area contributed by atoms with Crippen molar-refractivity contribution in [3.8, 4) is 11.5 Å². The number of carbonyl (C=O) groups excluding carboxylic acids is 1. The number of hydrogen-bond donors (Lipinski definition) is 1. The van der Waals surface area contributed by atoms with Gasteiger partial charge in [-0.1, -0.05) is 54.6 Å². The van der Waals surface area contributed by atoms with E-state index in [9.17, 15) is 13.2 Å². The molecule has 0 bridgehead atoms. The molecule has 0 aromatic heterocycles. The smallest absolute Gasteiger partial charge is 0.232 e. The van der Waals surface area contributed by atoms with Crippen molar-refractivity contribution >= 4 is 21.6 Å². The normalized spacial score (nSPS) is 13.7. The average Bonchev–Trinajstić information content (AvgIpc) is 2.85. The molecule has 0 spiro atoms. The standard InChI is InChI=1S/C27H30N2O5S/c1-20-9-6-7-12-23(20)27(21-10-4-3-5-11-21)28-26(30)13-8-16-29(35(2,31)32)22-14-15-24-25(19-22)34-18-17-33-24/h3-7,9-12,14-15,19,27H,8,13,16-18H2,1-2H3,(H,28,30)/t27-/m0/s1. The molecule has 0 unspecified atom stereocenters. The van der Waals surface area contributed by atoms with Gasteiger partial charge in [-0.2, -0.15) is 0 Å². The maximum atomic E-state index is 13.0. The summed E-state index contributed by atoms with van der Waals surface area (Å²) >= 11 is 0. The highest BCUT2D eigenvalue weighted by molar-refractivity contribution is 7.92. The van der Waals surface area contributed by atoms with Crippen LogP contribution in [0.3, 0.4) is 0 Å². The minimum atomic E-state index is -3.55. The Hall–Kier alpha value is -3.52. The monoisotopic (exact) mass is 494 g/mol. The summed E-state index contributed by atoms with van der Waals surface area (Å²) in [6.45, 7) is 3.07. The minimum Gasteiger partial charge on any atom is -0.486 e. The van der Waals surface area contributed by atoms with Crippen LogP contribution in [0.25, 0.3) is 0 Å². The Labute approximate surface area is 206 Å². The molecule has 35 heavy (non-hydrogen) atoms. The summed E-state index contributed by atoms with van der Waals surface area (Å²) in [7, 11) is -3.55. The third-order valence-corrected chi connectivity index (χ3v) is 7.11. The minimum absolute atomic E-state index is 0.141. The van der Waals surface area contributed by atoms with Gasteiger partial charge in [-0.3, -0.25) is 9.10 Å². The number of benzene rings is 3. The first kappa shape index (κ1) is 24.6. The van der Waals surface area contributed by atoms with Gasteiger partial charge in [0, 0.05) is 19.0 Å². The lowest BCUT2D eigenvalue weighted by Gasteiger charge is -2.25. The molecular weight excluding hydrogens is 464 g/mol. The Morgan fingerprint density at radius 2 is 1.66 bits per heavy atom. The van der Waals surface area contributed by atoms with Crippen LogP contribution in [-0.4, -0.2) is 40.3 Å². The van der Waals surface area contributed by atoms with Gasteiger partial charge >= 0.3 is 0 Å². The van der Waals surface area contributed by atoms with E-state index in [0.29, 0.717) is 36.8 Å². The van der Waals surface area contributed by atoms with Gasteiger partial charge in [0.1, 0.15) is 13.2 Å². The first-order valence-corrected chi connectivity index (χ1v) is 13.4. The van der Waals surface area contributed by atoms with Crippen LogP contribution in [0.5, 0.6) is 11.5 Å². The van der Waals surface area contributed by atoms with Crippen molar-refractivity contribution in [3.05, 3.63) is 89.5 Å². The van der Waals surface area contributed by atoms with Gasteiger partial charge in [0.05, 0.1) is 18.0 Å². The molecule has 3 aromatic rings. The molecule has 1 N–H and O–H groups in total. The molecule has 8 heteroatoms. The summed E-state index contributed by atoms with van der Waals surface area (Å²) in [6.07, 6.45) is 1.71. The van der Waals surface area contributed by atoms with Crippen LogP contribution < -0.4 is 19.1 Å². The maximum Gasteiger partial charge on any atom is 0.232 e. The molecule has 1 atom stereocenters. The Balaban J connectivity index is 1.45. The van der Waals surface area contributed by atoms with Crippen LogP contribution in [0.2, 0.25) is 0 Å². The number of fused-ring (bicyclic) bond motifs is 1. The zero-order chi connectivity index (χ0) is 24.8. The van der Waals surface area contributed by atoms with Crippen molar-refractivity contribution in [2.24, 2.45) is 0 Å². The molecule has 1 aliphatic heterocycles. The molecule has 7 nitrogen and oxygen atoms in total. The molecule has 3 aromatic carbocycles. The largest absolute Gasteiger partial charge is 0.486 e. The van der Waals surface area contributed by atoms with E-state index >= 15 is 0 Å². The van der Waals surface area contributed by atoms with Crippen molar-refractivity contribution in [1.29, 1.82) is 0 Å². The molecule has 184 valence electrons. The number of nitrogens with zero attached hydrogens (tertiary/aromatic N) is 1. The lowest BCUT2D eigenvalue weighted by molar-refractivity contribution is -0.121. The third-order valence-electron chi connectivity index (χ3n) is 5.92. The highest BCUT2D eigenvalue weighted by atomic mass is 32.2. The molecular formula is C27H30N2O5S. The molecule has 0 aliphatic carbocycles. The highest BCUT2D eigenvalue weighted by Gasteiger charge is 2.22. The molecule has 0 radical (unpaired) electrons. The summed E-state index contributed by atoms with van der Waals surface area (Å²) in [5, 5.41) is 3.14. The van der Waals surface area contributed by atoms with E-state index in [2.05, 4.69) is 5.32 Å². The van der Waals surface area contributed by atoms with Crippen molar-refractivity contribution in [2.75, 3.05) is 30.3 Å². The van der Waals surface area contributed by atoms with Crippen LogP contribution in [0, 0.1) is 6.92 Å². The van der Waals surface area contributed by atoms with Crippen molar-refractivity contribution < 1.29 is 22.7 Å². The molecule has 1 amide bonds. The summed E-state index contributed by atoms with van der Waals surface area (Å²) in [6, 6.07) is 22.6. The van der Waals surface area contributed by atoms with Crippen LogP contribution >= 0.6 is 0 Å². The number of hydrogen-bond acceptors (Lipinski definition) is 5. The topological polar surface area (TPSA) is 84.9 Å². The highest BCUT2D eigenvalue weighted by Crippen LogP contribution is 2.34. The zero-order valence-electron chi connectivity index (χ0n) is 19.9. The van der Waals surface area contributed by atoms with E-state index in [0.717, 1.165) is 22.9 Å². The Morgan fingerprint density at radius 3 is 2.37 bits per heavy atom. The van der Waals surface area contributed by atoms with Gasteiger partial charge in [0.2, 0.25) is 15.9 Å². The predicted octanol–water partition coefficient (Wildman–Crippen LogP) is 4.22. The lowest BCUT2D eigenvalue weighted by Crippen LogP contribution is -2.33. The Kier molecular flexibility index (Phi) is 7.60. The van der Waals surface area contributed by atoms with Gasteiger partial charge in [0.25, 0.3) is 0 Å². The Bertz CT molecular complexity index is 1280. The fraction of sp³-hybridized carbons (Fsp3) is 0.296. The fourth-order valence-electron chi connectivity index (χ4n) is 4.19. The molecule has 0 saturated heterocycles. The molecule has 0 saturated carbocycles. The second-order valence-electron chi connectivity index (χ2n) is 8.53. The number of ether oxygens (including phenoxy) is 2. The van der Waals surface area contributed by atoms with Crippen LogP contribution in [0.1, 0.15) is 35.6 Å². The summed E-state index contributed by atoms with van der Waals surface area (Å²) in [5.41, 5.74) is 3.59. The van der Waals surface area contributed by atoms with E-state index in [1.807, 2.05) is 61.5 Å². The van der Waals surface area contributed by atoms with Crippen molar-refractivity contribution in [2.45, 2.75) is 25.8 Å². The number of anilines is 1. The zero-order valence-corrected chi connectivity index (χ0v) is 20.8. The number of carbonyl (C=O) groups is 1. The lowest BCUT2D eigenvalue weighted by atomic mass is 9.95. The first-order chi connectivity index (χ1) is 16.8. The number of rotatable bonds is 9. The van der Waals surface area contributed by atoms with E-state index in [-0.39, 0.29) is 24.9 Å². The maximum absolute atomic E-state index is 13.0. The van der Waals surface area contributed by atoms with Gasteiger partial charge in [-0.25, -0.2) is 8.42 Å². The average molecular weight is 495 g/mol. The number of nitrogens with one attached hydrogen (secondary N) is 1. The number of sulfonamides is 1. The summed E-state index contributed by atoms with van der Waals surface area (Å²) in [4.78, 5) is 13.0. The SMILES string of the molecule is Cc1ccccc1[C@@H](NC(=O)CCCN(c1ccc2c(c1)OCCO2)S(C)(=O)=O)c1ccccc1. The van der Waals surface area contributed by atoms with E-state index < -0.39 is 10.0 Å². The van der Waals surface area contributed by atoms with Gasteiger partial charge in [0.15, 0.2) is 11.5 Å². The van der Waals surface area contributed by atoms with Crippen LogP contribution in [0.15, 0.2) is 72.8 Å². The van der Waals surface area contributed by atoms with Crippen LogP contribution in [0.4, 0.5) is 5.69 Å². The third kappa shape index (κ3) is 6.14. The molecule has 1 aliphatic rings. The number of aryl methyl sites for hydroxylation is 1. The Morgan fingerprint density at radius 1 is 0.971 bits per heavy atom. The predicted molar refractivity (Wildman–Crippen MR) is 136 cm³/mol. The quantitative estimate of drug-likeness (QED) is 0.482. The van der Waals surface area contributed by atoms with Gasteiger partial charge < -0.3 is 14.8 Å². The summed E-state index contributed by atoms with van der Waals surface area (Å²) < 4.78 is 37.5.